The van der Waals surface area contributed by atoms with E-state index in [4.69, 9.17) is 11.6 Å². The Bertz CT molecular complexity index is 459. The normalized spacial score (nSPS) is 12.1. The molecule has 2 rings (SSSR count). The number of hydrogen-bond acceptors (Lipinski definition) is 3. The summed E-state index contributed by atoms with van der Waals surface area (Å²) in [6.07, 6.45) is 5.20. The second kappa shape index (κ2) is 4.94. The van der Waals surface area contributed by atoms with Crippen molar-refractivity contribution in [3.05, 3.63) is 53.6 Å². The van der Waals surface area contributed by atoms with Crippen LogP contribution in [0.3, 0.4) is 0 Å². The van der Waals surface area contributed by atoms with Gasteiger partial charge in [-0.05, 0) is 25.1 Å². The first kappa shape index (κ1) is 10.9. The monoisotopic (exact) mass is 233 g/mol. The molecule has 0 saturated heterocycles. The molecule has 0 aromatic carbocycles. The smallest absolute Gasteiger partial charge is 0.134 e. The van der Waals surface area contributed by atoms with E-state index in [2.05, 4.69) is 15.3 Å². The summed E-state index contributed by atoms with van der Waals surface area (Å²) in [6, 6.07) is 7.80. The minimum Gasteiger partial charge on any atom is -0.377 e. The van der Waals surface area contributed by atoms with Crippen LogP contribution >= 0.6 is 11.6 Å². The highest BCUT2D eigenvalue weighted by molar-refractivity contribution is 6.30. The zero-order chi connectivity index (χ0) is 11.4. The van der Waals surface area contributed by atoms with Gasteiger partial charge in [0.15, 0.2) is 0 Å². The molecule has 1 unspecified atom stereocenters. The first-order valence-electron chi connectivity index (χ1n) is 5.04. The van der Waals surface area contributed by atoms with Crippen molar-refractivity contribution in [1.29, 1.82) is 0 Å². The van der Waals surface area contributed by atoms with Crippen LogP contribution in [0.2, 0.25) is 5.15 Å². The van der Waals surface area contributed by atoms with Gasteiger partial charge >= 0.3 is 0 Å². The van der Waals surface area contributed by atoms with Crippen LogP contribution in [0.5, 0.6) is 0 Å². The maximum absolute atomic E-state index is 6.02. The van der Waals surface area contributed by atoms with Crippen LogP contribution in [-0.2, 0) is 0 Å². The Morgan fingerprint density at radius 1 is 1.25 bits per heavy atom. The van der Waals surface area contributed by atoms with Crippen molar-refractivity contribution in [1.82, 2.24) is 9.97 Å². The first-order chi connectivity index (χ1) is 7.77. The van der Waals surface area contributed by atoms with Crippen LogP contribution in [0.1, 0.15) is 18.5 Å². The molecule has 16 heavy (non-hydrogen) atoms. The van der Waals surface area contributed by atoms with Gasteiger partial charge < -0.3 is 5.32 Å². The van der Waals surface area contributed by atoms with E-state index in [9.17, 15) is 0 Å². The predicted octanol–water partition coefficient (Wildman–Crippen LogP) is 3.30. The lowest BCUT2D eigenvalue weighted by Gasteiger charge is -2.15. The van der Waals surface area contributed by atoms with Gasteiger partial charge in [0.05, 0.1) is 11.7 Å². The fourth-order valence-electron chi connectivity index (χ4n) is 1.50. The van der Waals surface area contributed by atoms with Crippen LogP contribution < -0.4 is 5.32 Å². The third kappa shape index (κ3) is 2.49. The van der Waals surface area contributed by atoms with E-state index < -0.39 is 0 Å². The molecule has 0 aliphatic rings. The van der Waals surface area contributed by atoms with E-state index >= 15 is 0 Å². The van der Waals surface area contributed by atoms with E-state index in [0.29, 0.717) is 5.15 Å². The van der Waals surface area contributed by atoms with E-state index in [-0.39, 0.29) is 6.04 Å². The van der Waals surface area contributed by atoms with Crippen LogP contribution in [0.25, 0.3) is 0 Å². The predicted molar refractivity (Wildman–Crippen MR) is 65.5 cm³/mol. The van der Waals surface area contributed by atoms with Crippen molar-refractivity contribution in [2.75, 3.05) is 5.32 Å². The molecular weight excluding hydrogens is 222 g/mol. The number of rotatable bonds is 3. The topological polar surface area (TPSA) is 37.8 Å². The minimum atomic E-state index is 0.102. The molecule has 0 aliphatic heterocycles. The molecule has 0 amide bonds. The molecule has 2 aromatic rings. The molecule has 0 saturated carbocycles. The van der Waals surface area contributed by atoms with Gasteiger partial charge in [-0.1, -0.05) is 17.7 Å². The van der Waals surface area contributed by atoms with Crippen molar-refractivity contribution < 1.29 is 0 Å². The Hall–Kier alpha value is -1.61. The molecule has 0 spiro atoms. The van der Waals surface area contributed by atoms with Crippen molar-refractivity contribution in [2.45, 2.75) is 13.0 Å². The summed E-state index contributed by atoms with van der Waals surface area (Å²) < 4.78 is 0. The van der Waals surface area contributed by atoms with Crippen molar-refractivity contribution >= 4 is 17.3 Å². The second-order valence-corrected chi connectivity index (χ2v) is 3.85. The maximum Gasteiger partial charge on any atom is 0.134 e. The third-order valence-electron chi connectivity index (χ3n) is 2.30. The summed E-state index contributed by atoms with van der Waals surface area (Å²) >= 11 is 6.02. The third-order valence-corrected chi connectivity index (χ3v) is 2.61. The summed E-state index contributed by atoms with van der Waals surface area (Å²) in [5.74, 6) is 0. The lowest BCUT2D eigenvalue weighted by Crippen LogP contribution is -2.07. The zero-order valence-electron chi connectivity index (χ0n) is 8.89. The number of halogens is 1. The standard InChI is InChI=1S/C12H12ClN3/c1-9(11-5-3-7-15-12(11)13)16-10-4-2-6-14-8-10/h2-9,16H,1H3. The number of aromatic nitrogens is 2. The van der Waals surface area contributed by atoms with Gasteiger partial charge in [0.25, 0.3) is 0 Å². The van der Waals surface area contributed by atoms with Crippen LogP contribution in [0, 0.1) is 0 Å². The molecule has 0 aliphatic carbocycles. The lowest BCUT2D eigenvalue weighted by molar-refractivity contribution is 0.874. The lowest BCUT2D eigenvalue weighted by atomic mass is 10.1. The summed E-state index contributed by atoms with van der Waals surface area (Å²) in [4.78, 5) is 8.09. The molecule has 0 radical (unpaired) electrons. The van der Waals surface area contributed by atoms with Gasteiger partial charge in [-0.15, -0.1) is 0 Å². The molecule has 1 N–H and O–H groups in total. The van der Waals surface area contributed by atoms with Crippen molar-refractivity contribution in [2.24, 2.45) is 0 Å². The Morgan fingerprint density at radius 3 is 2.75 bits per heavy atom. The molecule has 82 valence electrons. The van der Waals surface area contributed by atoms with Crippen LogP contribution in [0.15, 0.2) is 42.9 Å². The van der Waals surface area contributed by atoms with Gasteiger partial charge in [-0.3, -0.25) is 4.98 Å². The molecule has 2 heterocycles. The molecule has 3 nitrogen and oxygen atoms in total. The van der Waals surface area contributed by atoms with E-state index in [1.165, 1.54) is 0 Å². The molecule has 2 aromatic heterocycles. The fourth-order valence-corrected chi connectivity index (χ4v) is 1.78. The van der Waals surface area contributed by atoms with Crippen molar-refractivity contribution in [3.63, 3.8) is 0 Å². The number of nitrogens with one attached hydrogen (secondary N) is 1. The largest absolute Gasteiger partial charge is 0.377 e. The summed E-state index contributed by atoms with van der Waals surface area (Å²) in [7, 11) is 0. The Morgan fingerprint density at radius 2 is 2.06 bits per heavy atom. The number of hydrogen-bond donors (Lipinski definition) is 1. The Balaban J connectivity index is 2.15. The Labute approximate surface area is 99.5 Å². The molecule has 4 heteroatoms. The zero-order valence-corrected chi connectivity index (χ0v) is 9.65. The van der Waals surface area contributed by atoms with E-state index in [1.807, 2.05) is 31.2 Å². The van der Waals surface area contributed by atoms with Crippen molar-refractivity contribution in [3.8, 4) is 0 Å². The summed E-state index contributed by atoms with van der Waals surface area (Å²) in [5.41, 5.74) is 1.95. The number of nitrogens with zero attached hydrogens (tertiary/aromatic N) is 2. The molecule has 0 fully saturated rings. The van der Waals surface area contributed by atoms with Gasteiger partial charge in [0, 0.05) is 24.2 Å². The summed E-state index contributed by atoms with van der Waals surface area (Å²) in [5, 5.41) is 3.85. The van der Waals surface area contributed by atoms with Crippen LogP contribution in [0.4, 0.5) is 5.69 Å². The average Bonchev–Trinajstić information content (AvgIpc) is 2.31. The van der Waals surface area contributed by atoms with Gasteiger partial charge in [-0.25, -0.2) is 4.98 Å². The molecule has 0 bridgehead atoms. The summed E-state index contributed by atoms with van der Waals surface area (Å²) in [6.45, 7) is 2.04. The van der Waals surface area contributed by atoms with Gasteiger partial charge in [-0.2, -0.15) is 0 Å². The maximum atomic E-state index is 6.02. The minimum absolute atomic E-state index is 0.102. The first-order valence-corrected chi connectivity index (χ1v) is 5.42. The molecule has 1 atom stereocenters. The quantitative estimate of drug-likeness (QED) is 0.827. The highest BCUT2D eigenvalue weighted by atomic mass is 35.5. The van der Waals surface area contributed by atoms with E-state index in [1.54, 1.807) is 18.6 Å². The average molecular weight is 234 g/mol. The second-order valence-electron chi connectivity index (χ2n) is 3.49. The van der Waals surface area contributed by atoms with Gasteiger partial charge in [0.1, 0.15) is 5.15 Å². The number of pyridine rings is 2. The highest BCUT2D eigenvalue weighted by Gasteiger charge is 2.09. The van der Waals surface area contributed by atoms with E-state index in [0.717, 1.165) is 11.3 Å². The number of anilines is 1. The SMILES string of the molecule is CC(Nc1cccnc1)c1cccnc1Cl. The fraction of sp³-hybridized carbons (Fsp3) is 0.167. The molecular formula is C12H12ClN3. The van der Waals surface area contributed by atoms with Crippen LogP contribution in [-0.4, -0.2) is 9.97 Å². The van der Waals surface area contributed by atoms with Gasteiger partial charge in [0.2, 0.25) is 0 Å². The highest BCUT2D eigenvalue weighted by Crippen LogP contribution is 2.23. The Kier molecular flexibility index (Phi) is 3.37.